The monoisotopic (exact) mass is 412 g/mol. The molecule has 0 saturated heterocycles. The zero-order valence-electron chi connectivity index (χ0n) is 18.0. The Kier molecular flexibility index (Phi) is 5.34. The van der Waals surface area contributed by atoms with Crippen molar-refractivity contribution in [1.82, 2.24) is 0 Å². The van der Waals surface area contributed by atoms with E-state index < -0.39 is 0 Å². The molecular weight excluding hydrogens is 388 g/mol. The van der Waals surface area contributed by atoms with Crippen molar-refractivity contribution < 1.29 is 14.3 Å². The second kappa shape index (κ2) is 8.11. The molecule has 3 aromatic carbocycles. The number of anilines is 2. The lowest BCUT2D eigenvalue weighted by molar-refractivity contribution is -0.120. The number of nitrogens with zero attached hydrogens (tertiary/aromatic N) is 2. The molecule has 5 heteroatoms. The minimum atomic E-state index is -0.360. The van der Waals surface area contributed by atoms with Gasteiger partial charge in [-0.1, -0.05) is 48.5 Å². The number of carbonyl (C=O) groups is 2. The summed E-state index contributed by atoms with van der Waals surface area (Å²) in [5, 5.41) is 0. The van der Waals surface area contributed by atoms with Gasteiger partial charge in [0, 0.05) is 18.3 Å². The highest BCUT2D eigenvalue weighted by atomic mass is 16.5. The van der Waals surface area contributed by atoms with Crippen LogP contribution in [0.5, 0.6) is 5.75 Å². The number of hydrogen-bond donors (Lipinski definition) is 0. The van der Waals surface area contributed by atoms with Gasteiger partial charge in [0.05, 0.1) is 18.4 Å². The summed E-state index contributed by atoms with van der Waals surface area (Å²) in [6, 6.07) is 22.5. The third-order valence-electron chi connectivity index (χ3n) is 5.73. The van der Waals surface area contributed by atoms with E-state index in [1.165, 1.54) is 4.90 Å². The Morgan fingerprint density at radius 3 is 2.19 bits per heavy atom. The molecule has 0 radical (unpaired) electrons. The zero-order chi connectivity index (χ0) is 22.1. The highest BCUT2D eigenvalue weighted by Crippen LogP contribution is 2.40. The maximum Gasteiger partial charge on any atom is 0.282 e. The molecule has 1 aliphatic heterocycles. The number of para-hydroxylation sites is 2. The quantitative estimate of drug-likeness (QED) is 0.569. The number of amides is 2. The van der Waals surface area contributed by atoms with Crippen LogP contribution in [0.4, 0.5) is 11.4 Å². The number of aryl methyl sites for hydroxylation is 1. The Bertz CT molecular complexity index is 1200. The molecule has 0 atom stereocenters. The summed E-state index contributed by atoms with van der Waals surface area (Å²) in [5.41, 5.74) is 4.56. The Labute approximate surface area is 182 Å². The van der Waals surface area contributed by atoms with Gasteiger partial charge in [-0.2, -0.15) is 0 Å². The van der Waals surface area contributed by atoms with E-state index in [0.29, 0.717) is 28.3 Å². The molecule has 0 bridgehead atoms. The first-order valence-electron chi connectivity index (χ1n) is 10.1. The molecule has 4 rings (SSSR count). The van der Waals surface area contributed by atoms with E-state index in [1.54, 1.807) is 25.1 Å². The normalized spacial score (nSPS) is 13.7. The lowest BCUT2D eigenvalue weighted by atomic mass is 10.0. The van der Waals surface area contributed by atoms with Crippen molar-refractivity contribution in [1.29, 1.82) is 0 Å². The SMILES string of the molecule is COc1ccccc1C1=C(N(C)c2ccccc2)C(=O)N(c2cccc(C)c2C)C1=O. The van der Waals surface area contributed by atoms with E-state index in [0.717, 1.165) is 16.8 Å². The van der Waals surface area contributed by atoms with Crippen LogP contribution in [-0.4, -0.2) is 26.0 Å². The molecule has 1 heterocycles. The summed E-state index contributed by atoms with van der Waals surface area (Å²) >= 11 is 0. The summed E-state index contributed by atoms with van der Waals surface area (Å²) in [7, 11) is 3.36. The van der Waals surface area contributed by atoms with Crippen molar-refractivity contribution in [3.05, 3.63) is 95.2 Å². The molecule has 0 N–H and O–H groups in total. The van der Waals surface area contributed by atoms with Crippen molar-refractivity contribution in [2.45, 2.75) is 13.8 Å². The van der Waals surface area contributed by atoms with Gasteiger partial charge in [-0.25, -0.2) is 4.90 Å². The molecular formula is C26H24N2O3. The summed E-state index contributed by atoms with van der Waals surface area (Å²) in [6.07, 6.45) is 0. The average molecular weight is 412 g/mol. The van der Waals surface area contributed by atoms with E-state index in [4.69, 9.17) is 4.74 Å². The zero-order valence-corrected chi connectivity index (χ0v) is 18.0. The largest absolute Gasteiger partial charge is 0.496 e. The average Bonchev–Trinajstić information content (AvgIpc) is 3.05. The number of ether oxygens (including phenoxy) is 1. The van der Waals surface area contributed by atoms with Crippen LogP contribution in [0.25, 0.3) is 5.57 Å². The van der Waals surface area contributed by atoms with Gasteiger partial charge in [0.1, 0.15) is 11.4 Å². The molecule has 156 valence electrons. The number of benzene rings is 3. The van der Waals surface area contributed by atoms with E-state index >= 15 is 0 Å². The van der Waals surface area contributed by atoms with Crippen molar-refractivity contribution >= 4 is 28.8 Å². The van der Waals surface area contributed by atoms with Crippen LogP contribution in [0.1, 0.15) is 16.7 Å². The van der Waals surface area contributed by atoms with E-state index in [1.807, 2.05) is 80.6 Å². The van der Waals surface area contributed by atoms with Crippen molar-refractivity contribution in [3.63, 3.8) is 0 Å². The summed E-state index contributed by atoms with van der Waals surface area (Å²) in [6.45, 7) is 3.89. The third-order valence-corrected chi connectivity index (χ3v) is 5.73. The lowest BCUT2D eigenvalue weighted by Crippen LogP contribution is -2.34. The summed E-state index contributed by atoms with van der Waals surface area (Å²) in [5.74, 6) is -0.174. The molecule has 0 aromatic heterocycles. The Hall–Kier alpha value is -3.86. The topological polar surface area (TPSA) is 49.9 Å². The van der Waals surface area contributed by atoms with E-state index in [-0.39, 0.29) is 11.8 Å². The molecule has 0 aliphatic carbocycles. The maximum absolute atomic E-state index is 13.8. The van der Waals surface area contributed by atoms with Crippen LogP contribution in [0.15, 0.2) is 78.5 Å². The Morgan fingerprint density at radius 2 is 1.48 bits per heavy atom. The third kappa shape index (κ3) is 3.38. The fourth-order valence-electron chi connectivity index (χ4n) is 3.90. The Morgan fingerprint density at radius 1 is 0.806 bits per heavy atom. The first-order valence-corrected chi connectivity index (χ1v) is 10.1. The molecule has 1 aliphatic rings. The fraction of sp³-hybridized carbons (Fsp3) is 0.154. The smallest absolute Gasteiger partial charge is 0.282 e. The van der Waals surface area contributed by atoms with Crippen LogP contribution in [0, 0.1) is 13.8 Å². The highest BCUT2D eigenvalue weighted by molar-refractivity contribution is 6.46. The predicted molar refractivity (Wildman–Crippen MR) is 123 cm³/mol. The first-order chi connectivity index (χ1) is 15.0. The van der Waals surface area contributed by atoms with Crippen LogP contribution >= 0.6 is 0 Å². The number of carbonyl (C=O) groups excluding carboxylic acids is 2. The van der Waals surface area contributed by atoms with E-state index in [2.05, 4.69) is 0 Å². The predicted octanol–water partition coefficient (Wildman–Crippen LogP) is 4.73. The van der Waals surface area contributed by atoms with Crippen LogP contribution in [0.3, 0.4) is 0 Å². The number of methoxy groups -OCH3 is 1. The Balaban J connectivity index is 1.95. The summed E-state index contributed by atoms with van der Waals surface area (Å²) < 4.78 is 5.52. The molecule has 31 heavy (non-hydrogen) atoms. The van der Waals surface area contributed by atoms with Gasteiger partial charge >= 0.3 is 0 Å². The van der Waals surface area contributed by atoms with Gasteiger partial charge in [-0.05, 0) is 49.2 Å². The van der Waals surface area contributed by atoms with Gasteiger partial charge in [0.15, 0.2) is 0 Å². The van der Waals surface area contributed by atoms with Crippen molar-refractivity contribution in [2.75, 3.05) is 24.0 Å². The number of rotatable bonds is 5. The van der Waals surface area contributed by atoms with E-state index in [9.17, 15) is 9.59 Å². The van der Waals surface area contributed by atoms with Gasteiger partial charge in [-0.3, -0.25) is 9.59 Å². The van der Waals surface area contributed by atoms with Crippen molar-refractivity contribution in [3.8, 4) is 5.75 Å². The molecule has 0 saturated carbocycles. The minimum Gasteiger partial charge on any atom is -0.496 e. The lowest BCUT2D eigenvalue weighted by Gasteiger charge is -2.22. The molecule has 0 fully saturated rings. The fourth-order valence-corrected chi connectivity index (χ4v) is 3.90. The maximum atomic E-state index is 13.8. The highest BCUT2D eigenvalue weighted by Gasteiger charge is 2.43. The summed E-state index contributed by atoms with van der Waals surface area (Å²) in [4.78, 5) is 30.6. The second-order valence-corrected chi connectivity index (χ2v) is 7.48. The standard InChI is InChI=1S/C26H24N2O3/c1-17-11-10-15-21(18(17)2)28-25(29)23(20-14-8-9-16-22(20)31-4)24(26(28)30)27(3)19-12-6-5-7-13-19/h5-16H,1-4H3. The minimum absolute atomic E-state index is 0.321. The number of hydrogen-bond acceptors (Lipinski definition) is 4. The van der Waals surface area contributed by atoms with Gasteiger partial charge in [0.25, 0.3) is 11.8 Å². The molecule has 0 spiro atoms. The molecule has 0 unspecified atom stereocenters. The van der Waals surface area contributed by atoms with Gasteiger partial charge in [0.2, 0.25) is 0 Å². The van der Waals surface area contributed by atoms with Crippen LogP contribution in [0.2, 0.25) is 0 Å². The van der Waals surface area contributed by atoms with Gasteiger partial charge in [-0.15, -0.1) is 0 Å². The second-order valence-electron chi connectivity index (χ2n) is 7.48. The first kappa shape index (κ1) is 20.4. The molecule has 5 nitrogen and oxygen atoms in total. The molecule has 2 amide bonds. The van der Waals surface area contributed by atoms with Gasteiger partial charge < -0.3 is 9.64 Å². The van der Waals surface area contributed by atoms with Crippen molar-refractivity contribution in [2.24, 2.45) is 0 Å². The number of likely N-dealkylation sites (N-methyl/N-ethyl adjacent to an activating group) is 1. The molecule has 3 aromatic rings. The van der Waals surface area contributed by atoms with Crippen LogP contribution in [-0.2, 0) is 9.59 Å². The number of imide groups is 1. The van der Waals surface area contributed by atoms with Crippen LogP contribution < -0.4 is 14.5 Å².